The van der Waals surface area contributed by atoms with E-state index in [0.717, 1.165) is 5.75 Å². The van der Waals surface area contributed by atoms with E-state index in [1.54, 1.807) is 6.92 Å². The Morgan fingerprint density at radius 2 is 1.71 bits per heavy atom. The van der Waals surface area contributed by atoms with Crippen LogP contribution < -0.4 is 10.5 Å². The molecule has 1 unspecified atom stereocenters. The first-order valence-electron chi connectivity index (χ1n) is 5.52. The number of esters is 1. The Kier molecular flexibility index (Phi) is 7.80. The summed E-state index contributed by atoms with van der Waals surface area (Å²) in [6.07, 6.45) is 0.266. The molecule has 0 bridgehead atoms. The van der Waals surface area contributed by atoms with Gasteiger partial charge in [0.15, 0.2) is 0 Å². The van der Waals surface area contributed by atoms with Crippen molar-refractivity contribution in [3.8, 4) is 5.75 Å². The Hall–Kier alpha value is -1.55. The first-order valence-corrected chi connectivity index (χ1v) is 5.52. The highest BCUT2D eigenvalue weighted by molar-refractivity contribution is 5.74. The van der Waals surface area contributed by atoms with Crippen LogP contribution in [0.3, 0.4) is 0 Å². The van der Waals surface area contributed by atoms with Crippen LogP contribution in [0.1, 0.15) is 20.8 Å². The zero-order valence-corrected chi connectivity index (χ0v) is 10.8. The summed E-state index contributed by atoms with van der Waals surface area (Å²) in [6, 6.07) is 9.34. The van der Waals surface area contributed by atoms with Crippen molar-refractivity contribution >= 4 is 5.97 Å². The molecule has 0 saturated heterocycles. The lowest BCUT2D eigenvalue weighted by Gasteiger charge is -2.07. The van der Waals surface area contributed by atoms with Crippen molar-refractivity contribution in [2.24, 2.45) is 5.73 Å². The van der Waals surface area contributed by atoms with Gasteiger partial charge < -0.3 is 15.2 Å². The molecule has 4 heteroatoms. The molecule has 2 N–H and O–H groups in total. The van der Waals surface area contributed by atoms with Crippen molar-refractivity contribution in [1.82, 2.24) is 0 Å². The number of carbonyl (C=O) groups is 1. The van der Waals surface area contributed by atoms with E-state index >= 15 is 0 Å². The van der Waals surface area contributed by atoms with Crippen LogP contribution >= 0.6 is 0 Å². The first kappa shape index (κ1) is 15.4. The predicted molar refractivity (Wildman–Crippen MR) is 67.9 cm³/mol. The minimum atomic E-state index is -0.495. The highest BCUT2D eigenvalue weighted by atomic mass is 16.5. The van der Waals surface area contributed by atoms with Crippen molar-refractivity contribution < 1.29 is 14.3 Å². The Morgan fingerprint density at radius 3 is 2.00 bits per heavy atom. The van der Waals surface area contributed by atoms with Crippen LogP contribution in [0, 0.1) is 0 Å². The maximum atomic E-state index is 10.2. The van der Waals surface area contributed by atoms with Gasteiger partial charge in [-0.25, -0.2) is 0 Å². The van der Waals surface area contributed by atoms with Crippen LogP contribution in [-0.2, 0) is 9.53 Å². The summed E-state index contributed by atoms with van der Waals surface area (Å²) in [7, 11) is 1.31. The number of carbonyl (C=O) groups excluding carboxylic acids is 1. The second kappa shape index (κ2) is 8.58. The Labute approximate surface area is 103 Å². The van der Waals surface area contributed by atoms with Crippen molar-refractivity contribution in [3.63, 3.8) is 0 Å². The smallest absolute Gasteiger partial charge is 0.322 e. The maximum Gasteiger partial charge on any atom is 0.322 e. The SMILES string of the molecule is CC(C)Oc1ccccc1.COC(=O)C(C)N. The maximum absolute atomic E-state index is 10.2. The fourth-order valence-electron chi connectivity index (χ4n) is 0.957. The molecule has 1 atom stereocenters. The van der Waals surface area contributed by atoms with Gasteiger partial charge in [0.1, 0.15) is 11.8 Å². The number of benzene rings is 1. The average molecular weight is 239 g/mol. The molecular weight excluding hydrogens is 218 g/mol. The standard InChI is InChI=1S/C9H12O.C4H9NO2/c1-8(2)10-9-6-4-3-5-7-9;1-3(5)4(6)7-2/h3-8H,1-2H3;3H,5H2,1-2H3. The van der Waals surface area contributed by atoms with Crippen LogP contribution in [-0.4, -0.2) is 25.2 Å². The third kappa shape index (κ3) is 8.28. The highest BCUT2D eigenvalue weighted by Crippen LogP contribution is 2.09. The van der Waals surface area contributed by atoms with Gasteiger partial charge in [-0.05, 0) is 32.9 Å². The van der Waals surface area contributed by atoms with Gasteiger partial charge in [0, 0.05) is 0 Å². The first-order chi connectivity index (χ1) is 7.97. The molecule has 0 saturated carbocycles. The van der Waals surface area contributed by atoms with Crippen molar-refractivity contribution in [2.45, 2.75) is 32.9 Å². The lowest BCUT2D eigenvalue weighted by Crippen LogP contribution is -2.27. The second-order valence-electron chi connectivity index (χ2n) is 3.79. The molecule has 0 spiro atoms. The fourth-order valence-corrected chi connectivity index (χ4v) is 0.957. The Bertz CT molecular complexity index is 310. The normalized spacial score (nSPS) is 11.2. The Balaban J connectivity index is 0.000000325. The third-order valence-electron chi connectivity index (χ3n) is 1.69. The van der Waals surface area contributed by atoms with E-state index in [0.29, 0.717) is 0 Å². The number of methoxy groups -OCH3 is 1. The molecule has 0 aromatic heterocycles. The van der Waals surface area contributed by atoms with Gasteiger partial charge in [0.2, 0.25) is 0 Å². The summed E-state index contributed by atoms with van der Waals surface area (Å²) in [6.45, 7) is 5.62. The summed E-state index contributed by atoms with van der Waals surface area (Å²) in [5, 5.41) is 0. The van der Waals surface area contributed by atoms with E-state index in [1.807, 2.05) is 44.2 Å². The number of hydrogen-bond donors (Lipinski definition) is 1. The molecular formula is C13H21NO3. The van der Waals surface area contributed by atoms with E-state index in [9.17, 15) is 4.79 Å². The van der Waals surface area contributed by atoms with E-state index in [2.05, 4.69) is 4.74 Å². The molecule has 17 heavy (non-hydrogen) atoms. The van der Waals surface area contributed by atoms with Crippen molar-refractivity contribution in [3.05, 3.63) is 30.3 Å². The second-order valence-corrected chi connectivity index (χ2v) is 3.79. The van der Waals surface area contributed by atoms with Crippen LogP contribution in [0.5, 0.6) is 5.75 Å². The lowest BCUT2D eigenvalue weighted by atomic mass is 10.3. The quantitative estimate of drug-likeness (QED) is 0.819. The topological polar surface area (TPSA) is 61.5 Å². The molecule has 0 aliphatic carbocycles. The number of rotatable bonds is 3. The van der Waals surface area contributed by atoms with E-state index in [-0.39, 0.29) is 12.1 Å². The summed E-state index contributed by atoms with van der Waals surface area (Å²) >= 11 is 0. The minimum Gasteiger partial charge on any atom is -0.491 e. The van der Waals surface area contributed by atoms with Gasteiger partial charge in [-0.1, -0.05) is 18.2 Å². The molecule has 1 aromatic carbocycles. The summed E-state index contributed by atoms with van der Waals surface area (Å²) in [4.78, 5) is 10.2. The van der Waals surface area contributed by atoms with E-state index in [1.165, 1.54) is 7.11 Å². The van der Waals surface area contributed by atoms with Gasteiger partial charge in [0.25, 0.3) is 0 Å². The van der Waals surface area contributed by atoms with E-state index in [4.69, 9.17) is 10.5 Å². The summed E-state index contributed by atoms with van der Waals surface area (Å²) in [5.74, 6) is 0.567. The molecule has 1 aromatic rings. The van der Waals surface area contributed by atoms with Crippen molar-refractivity contribution in [1.29, 1.82) is 0 Å². The zero-order valence-electron chi connectivity index (χ0n) is 10.8. The van der Waals surface area contributed by atoms with Gasteiger partial charge in [0.05, 0.1) is 13.2 Å². The third-order valence-corrected chi connectivity index (χ3v) is 1.69. The summed E-state index contributed by atoms with van der Waals surface area (Å²) < 4.78 is 9.66. The largest absolute Gasteiger partial charge is 0.491 e. The summed E-state index contributed by atoms with van der Waals surface area (Å²) in [5.41, 5.74) is 5.07. The van der Waals surface area contributed by atoms with Crippen LogP contribution in [0.4, 0.5) is 0 Å². The molecule has 0 fully saturated rings. The predicted octanol–water partition coefficient (Wildman–Crippen LogP) is 1.98. The van der Waals surface area contributed by atoms with Gasteiger partial charge in [-0.3, -0.25) is 4.79 Å². The van der Waals surface area contributed by atoms with Gasteiger partial charge in [-0.2, -0.15) is 0 Å². The van der Waals surface area contributed by atoms with Gasteiger partial charge >= 0.3 is 5.97 Å². The molecule has 1 rings (SSSR count). The molecule has 0 aliphatic heterocycles. The molecule has 96 valence electrons. The fraction of sp³-hybridized carbons (Fsp3) is 0.462. The van der Waals surface area contributed by atoms with Gasteiger partial charge in [-0.15, -0.1) is 0 Å². The monoisotopic (exact) mass is 239 g/mol. The van der Waals surface area contributed by atoms with E-state index < -0.39 is 6.04 Å². The zero-order chi connectivity index (χ0) is 13.3. The van der Waals surface area contributed by atoms with Crippen LogP contribution in [0.25, 0.3) is 0 Å². The Morgan fingerprint density at radius 1 is 1.18 bits per heavy atom. The van der Waals surface area contributed by atoms with Crippen LogP contribution in [0.15, 0.2) is 30.3 Å². The number of hydrogen-bond acceptors (Lipinski definition) is 4. The number of nitrogens with two attached hydrogens (primary N) is 1. The minimum absolute atomic E-state index is 0.266. The number of para-hydroxylation sites is 1. The number of ether oxygens (including phenoxy) is 2. The lowest BCUT2D eigenvalue weighted by molar-refractivity contribution is -0.141. The molecule has 0 heterocycles. The highest BCUT2D eigenvalue weighted by Gasteiger charge is 2.03. The molecule has 0 amide bonds. The molecule has 0 aliphatic rings. The average Bonchev–Trinajstić information content (AvgIpc) is 2.29. The van der Waals surface area contributed by atoms with Crippen molar-refractivity contribution in [2.75, 3.05) is 7.11 Å². The van der Waals surface area contributed by atoms with Crippen LogP contribution in [0.2, 0.25) is 0 Å². The molecule has 0 radical (unpaired) electrons. The molecule has 4 nitrogen and oxygen atoms in total.